The number of nitrogens with zero attached hydrogens (tertiary/aromatic N) is 5. The highest BCUT2D eigenvalue weighted by Gasteiger charge is 2.25. The second kappa shape index (κ2) is 6.74. The first-order valence-electron chi connectivity index (χ1n) is 8.25. The Morgan fingerprint density at radius 1 is 1.29 bits per heavy atom. The molecule has 28 heavy (non-hydrogen) atoms. The third-order valence-electron chi connectivity index (χ3n) is 4.42. The Balaban J connectivity index is 2.11. The van der Waals surface area contributed by atoms with Crippen molar-refractivity contribution in [2.45, 2.75) is 6.43 Å². The molecule has 1 aromatic carbocycles. The van der Waals surface area contributed by atoms with Crippen LogP contribution in [0.25, 0.3) is 33.4 Å². The van der Waals surface area contributed by atoms with E-state index < -0.39 is 6.43 Å². The molecule has 3 aromatic heterocycles. The molecule has 7 nitrogen and oxygen atoms in total. The second-order valence-electron chi connectivity index (χ2n) is 6.09. The van der Waals surface area contributed by atoms with E-state index in [1.54, 1.807) is 31.4 Å². The molecule has 0 radical (unpaired) electrons. The molecule has 0 fully saturated rings. The average molecular weight is 380 g/mol. The largest absolute Gasteiger partial charge is 0.497 e. The number of nitrogens with one attached hydrogen (secondary N) is 1. The van der Waals surface area contributed by atoms with Gasteiger partial charge in [0, 0.05) is 41.5 Å². The van der Waals surface area contributed by atoms with Crippen molar-refractivity contribution in [2.24, 2.45) is 7.05 Å². The SMILES string of the molecule is COc1ccc(C#N)c(-c2c(-c3cn(C)nc3C(F)F)[nH]c3ncncc23)c1. The Morgan fingerprint density at radius 2 is 2.11 bits per heavy atom. The van der Waals surface area contributed by atoms with Gasteiger partial charge >= 0.3 is 0 Å². The van der Waals surface area contributed by atoms with Gasteiger partial charge in [0.05, 0.1) is 24.4 Å². The number of aromatic nitrogens is 5. The van der Waals surface area contributed by atoms with E-state index in [0.717, 1.165) is 0 Å². The lowest BCUT2D eigenvalue weighted by Gasteiger charge is -2.09. The van der Waals surface area contributed by atoms with Crippen LogP contribution in [0.1, 0.15) is 17.7 Å². The highest BCUT2D eigenvalue weighted by atomic mass is 19.3. The topological polar surface area (TPSA) is 92.4 Å². The molecule has 0 unspecified atom stereocenters. The third kappa shape index (κ3) is 2.75. The summed E-state index contributed by atoms with van der Waals surface area (Å²) in [6, 6.07) is 7.12. The van der Waals surface area contributed by atoms with Crippen LogP contribution in [0.4, 0.5) is 8.78 Å². The quantitative estimate of drug-likeness (QED) is 0.581. The van der Waals surface area contributed by atoms with Crippen LogP contribution in [0.3, 0.4) is 0 Å². The molecule has 9 heteroatoms. The summed E-state index contributed by atoms with van der Waals surface area (Å²) in [4.78, 5) is 11.3. The average Bonchev–Trinajstić information content (AvgIpc) is 3.27. The molecule has 0 atom stereocenters. The lowest BCUT2D eigenvalue weighted by Crippen LogP contribution is -1.93. The van der Waals surface area contributed by atoms with Crippen LogP contribution in [0, 0.1) is 11.3 Å². The molecule has 3 heterocycles. The first-order chi connectivity index (χ1) is 13.5. The summed E-state index contributed by atoms with van der Waals surface area (Å²) < 4.78 is 33.8. The van der Waals surface area contributed by atoms with Crippen molar-refractivity contribution in [1.82, 2.24) is 24.7 Å². The predicted molar refractivity (Wildman–Crippen MR) is 97.8 cm³/mol. The molecule has 0 aliphatic rings. The van der Waals surface area contributed by atoms with Crippen molar-refractivity contribution in [3.63, 3.8) is 0 Å². The highest BCUT2D eigenvalue weighted by Crippen LogP contribution is 2.42. The summed E-state index contributed by atoms with van der Waals surface area (Å²) in [5, 5.41) is 14.1. The predicted octanol–water partition coefficient (Wildman–Crippen LogP) is 3.84. The van der Waals surface area contributed by atoms with E-state index in [-0.39, 0.29) is 11.3 Å². The van der Waals surface area contributed by atoms with Crippen molar-refractivity contribution in [3.05, 3.63) is 48.2 Å². The minimum Gasteiger partial charge on any atom is -0.497 e. The summed E-state index contributed by atoms with van der Waals surface area (Å²) in [5.41, 5.74) is 2.18. The van der Waals surface area contributed by atoms with Gasteiger partial charge < -0.3 is 9.72 Å². The number of hydrogen-bond acceptors (Lipinski definition) is 5. The van der Waals surface area contributed by atoms with Gasteiger partial charge in [-0.1, -0.05) is 0 Å². The maximum atomic E-state index is 13.6. The van der Waals surface area contributed by atoms with E-state index >= 15 is 0 Å². The minimum absolute atomic E-state index is 0.234. The van der Waals surface area contributed by atoms with Crippen LogP contribution in [0.15, 0.2) is 36.9 Å². The molecule has 0 saturated heterocycles. The van der Waals surface area contributed by atoms with Crippen LogP contribution in [-0.4, -0.2) is 31.8 Å². The molecule has 0 aliphatic carbocycles. The molecule has 0 bridgehead atoms. The van der Waals surface area contributed by atoms with Gasteiger partial charge in [0.25, 0.3) is 6.43 Å². The summed E-state index contributed by atoms with van der Waals surface area (Å²) in [6.07, 6.45) is 1.69. The molecule has 140 valence electrons. The van der Waals surface area contributed by atoms with Crippen LogP contribution < -0.4 is 4.74 Å². The zero-order valence-electron chi connectivity index (χ0n) is 14.9. The minimum atomic E-state index is -2.76. The first-order valence-corrected chi connectivity index (χ1v) is 8.25. The zero-order chi connectivity index (χ0) is 19.8. The monoisotopic (exact) mass is 380 g/mol. The lowest BCUT2D eigenvalue weighted by molar-refractivity contribution is 0.146. The molecule has 1 N–H and O–H groups in total. The number of aromatic amines is 1. The van der Waals surface area contributed by atoms with Crippen LogP contribution >= 0.6 is 0 Å². The van der Waals surface area contributed by atoms with Gasteiger partial charge in [0.1, 0.15) is 23.4 Å². The Bertz CT molecular complexity index is 1220. The molecule has 0 spiro atoms. The fourth-order valence-electron chi connectivity index (χ4n) is 3.22. The molecular weight excluding hydrogens is 366 g/mol. The molecule has 0 saturated carbocycles. The van der Waals surface area contributed by atoms with E-state index in [2.05, 4.69) is 26.1 Å². The Kier molecular flexibility index (Phi) is 4.24. The summed E-state index contributed by atoms with van der Waals surface area (Å²) >= 11 is 0. The zero-order valence-corrected chi connectivity index (χ0v) is 14.9. The Hall–Kier alpha value is -3.80. The number of alkyl halides is 2. The summed E-state index contributed by atoms with van der Waals surface area (Å²) in [7, 11) is 3.09. The van der Waals surface area contributed by atoms with Gasteiger partial charge in [0.15, 0.2) is 0 Å². The van der Waals surface area contributed by atoms with E-state index in [1.807, 2.05) is 0 Å². The Labute approximate surface area is 158 Å². The number of benzene rings is 1. The van der Waals surface area contributed by atoms with Gasteiger partial charge in [-0.3, -0.25) is 4.68 Å². The highest BCUT2D eigenvalue weighted by molar-refractivity contribution is 6.03. The smallest absolute Gasteiger partial charge is 0.282 e. The molecule has 0 aliphatic heterocycles. The first kappa shape index (κ1) is 17.6. The van der Waals surface area contributed by atoms with E-state index in [1.165, 1.54) is 24.3 Å². The van der Waals surface area contributed by atoms with Gasteiger partial charge in [-0.15, -0.1) is 0 Å². The Morgan fingerprint density at radius 3 is 2.82 bits per heavy atom. The number of nitriles is 1. The van der Waals surface area contributed by atoms with Crippen molar-refractivity contribution in [2.75, 3.05) is 7.11 Å². The second-order valence-corrected chi connectivity index (χ2v) is 6.09. The number of halogens is 2. The van der Waals surface area contributed by atoms with Crippen LogP contribution in [0.5, 0.6) is 5.75 Å². The number of rotatable bonds is 4. The number of fused-ring (bicyclic) bond motifs is 1. The van der Waals surface area contributed by atoms with Crippen LogP contribution in [0.2, 0.25) is 0 Å². The summed E-state index contributed by atoms with van der Waals surface area (Å²) in [5.74, 6) is 0.534. The van der Waals surface area contributed by atoms with Gasteiger partial charge in [-0.2, -0.15) is 10.4 Å². The molecule has 4 aromatic rings. The molecule has 4 rings (SSSR count). The van der Waals surface area contributed by atoms with Gasteiger partial charge in [0.2, 0.25) is 0 Å². The third-order valence-corrected chi connectivity index (χ3v) is 4.42. The number of aryl methyl sites for hydroxylation is 1. The maximum Gasteiger partial charge on any atom is 0.282 e. The van der Waals surface area contributed by atoms with Gasteiger partial charge in [-0.25, -0.2) is 18.7 Å². The number of hydrogen-bond donors (Lipinski definition) is 1. The number of methoxy groups -OCH3 is 1. The standard InChI is InChI=1S/C19H14F2N6O/c1-27-8-14(17(26-27)18(20)21)16-15(13-7-23-9-24-19(13)25-16)12-5-11(28-2)4-3-10(12)6-22/h3-5,7-9,18H,1-2H3,(H,23,24,25). The van der Waals surface area contributed by atoms with Crippen molar-refractivity contribution in [3.8, 4) is 34.2 Å². The van der Waals surface area contributed by atoms with E-state index in [9.17, 15) is 14.0 Å². The van der Waals surface area contributed by atoms with E-state index in [4.69, 9.17) is 4.74 Å². The van der Waals surface area contributed by atoms with Crippen molar-refractivity contribution >= 4 is 11.0 Å². The van der Waals surface area contributed by atoms with Crippen LogP contribution in [-0.2, 0) is 7.05 Å². The normalized spacial score (nSPS) is 11.1. The lowest BCUT2D eigenvalue weighted by atomic mass is 9.95. The number of ether oxygens (including phenoxy) is 1. The summed E-state index contributed by atoms with van der Waals surface area (Å²) in [6.45, 7) is 0. The number of H-pyrrole nitrogens is 1. The van der Waals surface area contributed by atoms with E-state index in [0.29, 0.717) is 39.2 Å². The van der Waals surface area contributed by atoms with Crippen molar-refractivity contribution < 1.29 is 13.5 Å². The van der Waals surface area contributed by atoms with Crippen molar-refractivity contribution in [1.29, 1.82) is 5.26 Å². The fraction of sp³-hybridized carbons (Fsp3) is 0.158. The van der Waals surface area contributed by atoms with Gasteiger partial charge in [-0.05, 0) is 18.2 Å². The fourth-order valence-corrected chi connectivity index (χ4v) is 3.22. The molecule has 0 amide bonds. The molecular formula is C19H14F2N6O. The maximum absolute atomic E-state index is 13.6.